The Bertz CT molecular complexity index is 1400. The van der Waals surface area contributed by atoms with Crippen LogP contribution in [0.15, 0.2) is 63.8 Å². The number of benzene rings is 2. The first-order chi connectivity index (χ1) is 18.9. The molecule has 1 N–H and O–H groups in total. The van der Waals surface area contributed by atoms with Crippen LogP contribution in [0.5, 0.6) is 23.0 Å². The normalized spacial score (nSPS) is 17.3. The lowest BCUT2D eigenvalue weighted by Crippen LogP contribution is -2.38. The van der Waals surface area contributed by atoms with E-state index in [9.17, 15) is 9.59 Å². The number of hydrogen-bond acceptors (Lipinski definition) is 10. The minimum Gasteiger partial charge on any atom is -0.497 e. The first kappa shape index (κ1) is 26.5. The molecule has 3 aliphatic rings. The number of hydrogen-bond donors (Lipinski definition) is 1. The molecule has 0 aliphatic carbocycles. The second-order valence-corrected chi connectivity index (χ2v) is 9.70. The number of carbonyl (C=O) groups excluding carboxylic acids is 2. The van der Waals surface area contributed by atoms with Crippen molar-refractivity contribution in [2.45, 2.75) is 32.9 Å². The Morgan fingerprint density at radius 2 is 1.95 bits per heavy atom. The Kier molecular flexibility index (Phi) is 7.69. The second-order valence-electron chi connectivity index (χ2n) is 8.86. The number of rotatable bonds is 9. The lowest BCUT2D eigenvalue weighted by atomic mass is 9.92. The predicted octanol–water partition coefficient (Wildman–Crippen LogP) is 4.28. The summed E-state index contributed by atoms with van der Waals surface area (Å²) in [6.07, 6.45) is 0.0779. The summed E-state index contributed by atoms with van der Waals surface area (Å²) in [7, 11) is 3.15. The summed E-state index contributed by atoms with van der Waals surface area (Å²) in [5.41, 5.74) is 3.21. The van der Waals surface area contributed by atoms with Crippen molar-refractivity contribution < 1.29 is 33.3 Å². The monoisotopic (exact) mass is 551 g/mol. The van der Waals surface area contributed by atoms with Gasteiger partial charge in [-0.05, 0) is 55.2 Å². The zero-order valence-corrected chi connectivity index (χ0v) is 22.9. The van der Waals surface area contributed by atoms with Crippen molar-refractivity contribution in [3.63, 3.8) is 0 Å². The van der Waals surface area contributed by atoms with Crippen molar-refractivity contribution >= 4 is 28.8 Å². The van der Waals surface area contributed by atoms with Gasteiger partial charge in [0.1, 0.15) is 11.5 Å². The Labute approximate surface area is 230 Å². The molecule has 5 rings (SSSR count). The molecule has 0 bridgehead atoms. The van der Waals surface area contributed by atoms with E-state index in [1.54, 1.807) is 40.2 Å². The lowest BCUT2D eigenvalue weighted by Gasteiger charge is -2.36. The number of amidine groups is 1. The first-order valence-electron chi connectivity index (χ1n) is 12.4. The number of aliphatic imine (C=N–C) groups is 1. The van der Waals surface area contributed by atoms with Crippen molar-refractivity contribution in [1.29, 1.82) is 0 Å². The van der Waals surface area contributed by atoms with Crippen molar-refractivity contribution in [2.24, 2.45) is 4.99 Å². The molecular weight excluding hydrogens is 522 g/mol. The van der Waals surface area contributed by atoms with E-state index in [1.165, 1.54) is 11.8 Å². The number of esters is 1. The largest absolute Gasteiger partial charge is 0.497 e. The second kappa shape index (κ2) is 11.3. The number of methoxy groups -OCH3 is 2. The van der Waals surface area contributed by atoms with Crippen LogP contribution >= 0.6 is 11.8 Å². The van der Waals surface area contributed by atoms with Crippen molar-refractivity contribution in [2.75, 3.05) is 27.6 Å². The molecule has 3 aliphatic heterocycles. The van der Waals surface area contributed by atoms with Gasteiger partial charge < -0.3 is 33.9 Å². The summed E-state index contributed by atoms with van der Waals surface area (Å²) in [5.74, 6) is 1.87. The van der Waals surface area contributed by atoms with E-state index in [4.69, 9.17) is 23.7 Å². The summed E-state index contributed by atoms with van der Waals surface area (Å²) in [6, 6.07) is 10.4. The molecule has 0 unspecified atom stereocenters. The number of carbonyl (C=O) groups is 2. The predicted molar refractivity (Wildman–Crippen MR) is 146 cm³/mol. The van der Waals surface area contributed by atoms with Crippen molar-refractivity contribution in [3.8, 4) is 23.0 Å². The van der Waals surface area contributed by atoms with E-state index < -0.39 is 12.0 Å². The summed E-state index contributed by atoms with van der Waals surface area (Å²) >= 11 is 1.40. The molecule has 11 heteroatoms. The minimum atomic E-state index is -0.635. The van der Waals surface area contributed by atoms with E-state index in [0.29, 0.717) is 57.2 Å². The fourth-order valence-corrected chi connectivity index (χ4v) is 5.63. The SMILES string of the molecule is CCOC(=O)C1=C(C)N=C2SC=C(CC(=O)NCc3ccc4c(c3)OCO4)N2[C@@H]1c1cc(OC)ccc1OC. The molecule has 1 amide bonds. The molecule has 0 saturated heterocycles. The van der Waals surface area contributed by atoms with Crippen LogP contribution in [0.25, 0.3) is 0 Å². The van der Waals surface area contributed by atoms with Gasteiger partial charge in [0.25, 0.3) is 0 Å². The van der Waals surface area contributed by atoms with Crippen LogP contribution in [0, 0.1) is 0 Å². The van der Waals surface area contributed by atoms with Gasteiger partial charge in [-0.15, -0.1) is 0 Å². The van der Waals surface area contributed by atoms with Gasteiger partial charge in [0, 0.05) is 17.8 Å². The zero-order valence-electron chi connectivity index (χ0n) is 22.1. The Hall–Kier alpha value is -4.12. The van der Waals surface area contributed by atoms with Gasteiger partial charge >= 0.3 is 5.97 Å². The third-order valence-electron chi connectivity index (χ3n) is 6.50. The van der Waals surface area contributed by atoms with E-state index >= 15 is 0 Å². The Morgan fingerprint density at radius 1 is 1.13 bits per heavy atom. The summed E-state index contributed by atoms with van der Waals surface area (Å²) in [4.78, 5) is 32.9. The molecule has 1 atom stereocenters. The van der Waals surface area contributed by atoms with Gasteiger partial charge in [0.05, 0.1) is 44.6 Å². The van der Waals surface area contributed by atoms with Crippen LogP contribution < -0.4 is 24.3 Å². The van der Waals surface area contributed by atoms with E-state index in [0.717, 1.165) is 5.56 Å². The molecule has 3 heterocycles. The average Bonchev–Trinajstić information content (AvgIpc) is 3.57. The molecule has 0 saturated carbocycles. The smallest absolute Gasteiger partial charge is 0.338 e. The van der Waals surface area contributed by atoms with E-state index in [-0.39, 0.29) is 25.7 Å². The Balaban J connectivity index is 1.42. The maximum absolute atomic E-state index is 13.2. The molecule has 0 radical (unpaired) electrons. The Morgan fingerprint density at radius 3 is 2.72 bits per heavy atom. The molecule has 0 fully saturated rings. The van der Waals surface area contributed by atoms with Crippen LogP contribution in [-0.2, 0) is 20.9 Å². The molecule has 39 heavy (non-hydrogen) atoms. The van der Waals surface area contributed by atoms with Gasteiger partial charge in [-0.25, -0.2) is 9.79 Å². The van der Waals surface area contributed by atoms with Gasteiger partial charge in [0.15, 0.2) is 16.7 Å². The quantitative estimate of drug-likeness (QED) is 0.457. The molecular formula is C28H29N3O7S. The van der Waals surface area contributed by atoms with Crippen LogP contribution in [0.2, 0.25) is 0 Å². The minimum absolute atomic E-state index is 0.0779. The highest BCUT2D eigenvalue weighted by Gasteiger charge is 2.42. The third kappa shape index (κ3) is 5.26. The van der Waals surface area contributed by atoms with Gasteiger partial charge in [-0.1, -0.05) is 17.8 Å². The van der Waals surface area contributed by atoms with Gasteiger partial charge in [-0.3, -0.25) is 4.79 Å². The lowest BCUT2D eigenvalue weighted by molar-refractivity contribution is -0.139. The highest BCUT2D eigenvalue weighted by Crippen LogP contribution is 2.47. The van der Waals surface area contributed by atoms with Crippen LogP contribution in [0.4, 0.5) is 0 Å². The maximum Gasteiger partial charge on any atom is 0.338 e. The summed E-state index contributed by atoms with van der Waals surface area (Å²) < 4.78 is 27.4. The van der Waals surface area contributed by atoms with Crippen molar-refractivity contribution in [1.82, 2.24) is 10.2 Å². The number of allylic oxidation sites excluding steroid dienone is 1. The first-order valence-corrected chi connectivity index (χ1v) is 13.3. The third-order valence-corrected chi connectivity index (χ3v) is 7.38. The van der Waals surface area contributed by atoms with Crippen LogP contribution in [-0.4, -0.2) is 49.6 Å². The standard InChI is InChI=1S/C28H29N3O7S/c1-5-36-27(33)25-16(2)30-28-31(26(25)20-12-19(34-3)7-9-21(20)35-4)18(14-39-28)11-24(32)29-13-17-6-8-22-23(10-17)38-15-37-22/h6-10,12,14,26H,5,11,13,15H2,1-4H3,(H,29,32)/t26-/m1/s1. The highest BCUT2D eigenvalue weighted by molar-refractivity contribution is 8.16. The number of amides is 1. The van der Waals surface area contributed by atoms with Crippen LogP contribution in [0.1, 0.15) is 37.4 Å². The average molecular weight is 552 g/mol. The van der Waals surface area contributed by atoms with E-state index in [2.05, 4.69) is 10.3 Å². The molecule has 2 aromatic rings. The topological polar surface area (TPSA) is 108 Å². The highest BCUT2D eigenvalue weighted by atomic mass is 32.2. The molecule has 0 aromatic heterocycles. The number of nitrogens with one attached hydrogen (secondary N) is 1. The van der Waals surface area contributed by atoms with Crippen molar-refractivity contribution in [3.05, 3.63) is 69.9 Å². The molecule has 2 aromatic carbocycles. The fourth-order valence-electron chi connectivity index (χ4n) is 4.67. The molecule has 0 spiro atoms. The maximum atomic E-state index is 13.2. The fraction of sp³-hybridized carbons (Fsp3) is 0.321. The van der Waals surface area contributed by atoms with Gasteiger partial charge in [0.2, 0.25) is 12.7 Å². The number of nitrogens with zero attached hydrogens (tertiary/aromatic N) is 2. The number of fused-ring (bicyclic) bond motifs is 2. The van der Waals surface area contributed by atoms with Gasteiger partial charge in [-0.2, -0.15) is 0 Å². The van der Waals surface area contributed by atoms with Crippen LogP contribution in [0.3, 0.4) is 0 Å². The number of ether oxygens (including phenoxy) is 5. The molecule has 204 valence electrons. The van der Waals surface area contributed by atoms with E-state index in [1.807, 2.05) is 34.6 Å². The summed E-state index contributed by atoms with van der Waals surface area (Å²) in [5, 5.41) is 5.52. The zero-order chi connectivity index (χ0) is 27.5. The summed E-state index contributed by atoms with van der Waals surface area (Å²) in [6.45, 7) is 4.28. The number of thioether (sulfide) groups is 1. The molecule has 10 nitrogen and oxygen atoms in total.